The smallest absolute Gasteiger partial charge is 0.306 e. The third-order valence-electron chi connectivity index (χ3n) is 10.8. The van der Waals surface area contributed by atoms with E-state index in [0.717, 1.165) is 103 Å². The van der Waals surface area contributed by atoms with E-state index >= 15 is 0 Å². The molecule has 0 aliphatic heterocycles. The van der Waals surface area contributed by atoms with Crippen molar-refractivity contribution in [2.24, 2.45) is 0 Å². The number of esters is 1. The number of unbranched alkanes of at least 4 members (excludes halogenated alkanes) is 16. The molecule has 67 heavy (non-hydrogen) atoms. The number of ether oxygens (including phenoxy) is 2. The van der Waals surface area contributed by atoms with Gasteiger partial charge in [0.05, 0.1) is 34.4 Å². The van der Waals surface area contributed by atoms with Crippen molar-refractivity contribution in [3.05, 3.63) is 109 Å². The Labute approximate surface area is 412 Å². The molecule has 0 saturated heterocycles. The minimum Gasteiger partial charge on any atom is -0.756 e. The number of carbonyl (C=O) groups excluding carboxylic acids is 1. The molecule has 0 aromatic heterocycles. The third-order valence-corrected chi connectivity index (χ3v) is 11.8. The van der Waals surface area contributed by atoms with Crippen molar-refractivity contribution in [3.8, 4) is 0 Å². The van der Waals surface area contributed by atoms with Crippen LogP contribution in [0, 0.1) is 0 Å². The second kappa shape index (κ2) is 49.6. The summed E-state index contributed by atoms with van der Waals surface area (Å²) in [7, 11) is 1.32. The number of phosphoric ester groups is 1. The molecule has 0 aromatic rings. The SMILES string of the molecule is CC/C=C\C/C=C\C/C=C\C/C=C\C/C=C\C/C=C\C/C=C\CCCCCCOCC(COP(=O)([O-])OCC[N+](C)(C)C)OC(=O)CCCCCCCCCCC/C=C\C/C=C\CCCCC. The highest BCUT2D eigenvalue weighted by Gasteiger charge is 2.20. The lowest BCUT2D eigenvalue weighted by atomic mass is 10.1. The van der Waals surface area contributed by atoms with Crippen molar-refractivity contribution < 1.29 is 37.3 Å². The Kier molecular flexibility index (Phi) is 47.5. The Morgan fingerprint density at radius 3 is 1.30 bits per heavy atom. The first kappa shape index (κ1) is 64.2. The zero-order chi connectivity index (χ0) is 49.0. The number of quaternary nitrogens is 1. The summed E-state index contributed by atoms with van der Waals surface area (Å²) in [6.45, 7) is 5.19. The molecule has 0 aromatic carbocycles. The lowest BCUT2D eigenvalue weighted by Crippen LogP contribution is -2.37. The van der Waals surface area contributed by atoms with Crippen LogP contribution in [0.3, 0.4) is 0 Å². The van der Waals surface area contributed by atoms with Gasteiger partial charge >= 0.3 is 5.97 Å². The summed E-state index contributed by atoms with van der Waals surface area (Å²) in [4.78, 5) is 25.2. The highest BCUT2D eigenvalue weighted by Crippen LogP contribution is 2.38. The van der Waals surface area contributed by atoms with Gasteiger partial charge in [-0.25, -0.2) is 0 Å². The van der Waals surface area contributed by atoms with Gasteiger partial charge in [0.15, 0.2) is 0 Å². The van der Waals surface area contributed by atoms with Gasteiger partial charge in [0.25, 0.3) is 7.82 Å². The van der Waals surface area contributed by atoms with E-state index in [1.807, 2.05) is 21.1 Å². The normalized spacial score (nSPS) is 14.4. The van der Waals surface area contributed by atoms with Crippen molar-refractivity contribution >= 4 is 13.8 Å². The molecule has 0 N–H and O–H groups in total. The maximum Gasteiger partial charge on any atom is 0.306 e. The number of carbonyl (C=O) groups is 1. The molecule has 0 bridgehead atoms. The molecule has 0 heterocycles. The molecule has 0 aliphatic rings. The molecule has 0 saturated carbocycles. The van der Waals surface area contributed by atoms with Crippen molar-refractivity contribution in [1.29, 1.82) is 0 Å². The maximum absolute atomic E-state index is 12.8. The lowest BCUT2D eigenvalue weighted by Gasteiger charge is -2.28. The van der Waals surface area contributed by atoms with Crippen molar-refractivity contribution in [2.45, 2.75) is 200 Å². The average Bonchev–Trinajstić information content (AvgIpc) is 3.29. The van der Waals surface area contributed by atoms with Crippen molar-refractivity contribution in [1.82, 2.24) is 0 Å². The molecule has 9 heteroatoms. The second-order valence-corrected chi connectivity index (χ2v) is 19.9. The summed E-state index contributed by atoms with van der Waals surface area (Å²) in [5, 5.41) is 0. The van der Waals surface area contributed by atoms with Crippen LogP contribution in [0.4, 0.5) is 0 Å². The van der Waals surface area contributed by atoms with E-state index < -0.39 is 13.9 Å². The molecule has 384 valence electrons. The highest BCUT2D eigenvalue weighted by atomic mass is 31.2. The Bertz CT molecular complexity index is 1430. The molecular weight excluding hydrogens is 854 g/mol. The number of hydrogen-bond acceptors (Lipinski definition) is 7. The number of likely N-dealkylation sites (N-methyl/N-ethyl adjacent to an activating group) is 1. The number of rotatable bonds is 48. The zero-order valence-electron chi connectivity index (χ0n) is 43.6. The van der Waals surface area contributed by atoms with Crippen LogP contribution >= 0.6 is 7.82 Å². The van der Waals surface area contributed by atoms with E-state index in [1.54, 1.807) is 0 Å². The van der Waals surface area contributed by atoms with Gasteiger partial charge in [0.1, 0.15) is 19.3 Å². The fourth-order valence-corrected chi connectivity index (χ4v) is 7.46. The number of nitrogens with zero attached hydrogens (tertiary/aromatic N) is 1. The van der Waals surface area contributed by atoms with Crippen LogP contribution < -0.4 is 4.89 Å². The summed E-state index contributed by atoms with van der Waals surface area (Å²) in [6.07, 6.45) is 69.7. The van der Waals surface area contributed by atoms with Gasteiger partial charge in [-0.15, -0.1) is 0 Å². The van der Waals surface area contributed by atoms with Gasteiger partial charge < -0.3 is 27.9 Å². The summed E-state index contributed by atoms with van der Waals surface area (Å²) >= 11 is 0. The quantitative estimate of drug-likeness (QED) is 0.0197. The fraction of sp³-hybridized carbons (Fsp3) is 0.672. The van der Waals surface area contributed by atoms with Gasteiger partial charge in [0, 0.05) is 13.0 Å². The molecule has 2 unspecified atom stereocenters. The first-order valence-electron chi connectivity index (χ1n) is 26.6. The minimum absolute atomic E-state index is 0.0136. The van der Waals surface area contributed by atoms with E-state index in [1.165, 1.54) is 70.6 Å². The van der Waals surface area contributed by atoms with Crippen LogP contribution in [0.1, 0.15) is 194 Å². The summed E-state index contributed by atoms with van der Waals surface area (Å²) in [6, 6.07) is 0. The predicted octanol–water partition coefficient (Wildman–Crippen LogP) is 16.1. The molecule has 8 nitrogen and oxygen atoms in total. The highest BCUT2D eigenvalue weighted by molar-refractivity contribution is 7.45. The first-order chi connectivity index (χ1) is 32.6. The molecule has 0 aliphatic carbocycles. The summed E-state index contributed by atoms with van der Waals surface area (Å²) in [5.41, 5.74) is 0. The van der Waals surface area contributed by atoms with Crippen LogP contribution in [-0.2, 0) is 27.9 Å². The van der Waals surface area contributed by atoms with Gasteiger partial charge in [-0.2, -0.15) is 0 Å². The molecule has 2 atom stereocenters. The van der Waals surface area contributed by atoms with E-state index in [2.05, 4.69) is 123 Å². The zero-order valence-corrected chi connectivity index (χ0v) is 44.5. The summed E-state index contributed by atoms with van der Waals surface area (Å²) < 4.78 is 34.7. The maximum atomic E-state index is 12.8. The van der Waals surface area contributed by atoms with Crippen LogP contribution in [0.5, 0.6) is 0 Å². The third kappa shape index (κ3) is 54.0. The monoisotopic (exact) mass is 954 g/mol. The molecule has 0 rings (SSSR count). The van der Waals surface area contributed by atoms with Gasteiger partial charge in [-0.05, 0) is 103 Å². The molecular formula is C58H100NO7P. The Morgan fingerprint density at radius 1 is 0.478 bits per heavy atom. The molecule has 0 radical (unpaired) electrons. The van der Waals surface area contributed by atoms with Gasteiger partial charge in [-0.3, -0.25) is 9.36 Å². The van der Waals surface area contributed by atoms with E-state index in [9.17, 15) is 14.3 Å². The Balaban J connectivity index is 4.23. The lowest BCUT2D eigenvalue weighted by molar-refractivity contribution is -0.870. The standard InChI is InChI=1S/C58H100NO7P/c1-6-8-10-12-14-16-18-20-22-24-26-27-28-29-30-31-32-34-36-38-40-42-44-46-48-50-53-63-55-57(56-65-67(61,62)64-54-52-59(3,4)5)66-58(60)51-49-47-45-43-41-39-37-35-33-25-23-21-19-17-15-13-11-9-7-2/h8,10,14-17,20-23,26-27,29-30,32,34,38,40,57H,6-7,9,11-13,18-19,24-25,28,31,33,35-37,39,41-56H2,1-5H3/b10-8-,16-14-,17-15-,22-20-,23-21-,27-26-,30-29-,34-32-,40-38-. The largest absolute Gasteiger partial charge is 0.756 e. The van der Waals surface area contributed by atoms with E-state index in [4.69, 9.17) is 18.5 Å². The molecule has 0 fully saturated rings. The van der Waals surface area contributed by atoms with Crippen molar-refractivity contribution in [2.75, 3.05) is 54.1 Å². The Hall–Kier alpha value is -2.84. The minimum atomic E-state index is -4.55. The van der Waals surface area contributed by atoms with Crippen LogP contribution in [0.2, 0.25) is 0 Å². The molecule has 0 amide bonds. The summed E-state index contributed by atoms with van der Waals surface area (Å²) in [5.74, 6) is -0.352. The average molecular weight is 954 g/mol. The van der Waals surface area contributed by atoms with Crippen LogP contribution in [0.15, 0.2) is 109 Å². The van der Waals surface area contributed by atoms with Gasteiger partial charge in [0.2, 0.25) is 0 Å². The predicted molar refractivity (Wildman–Crippen MR) is 286 cm³/mol. The van der Waals surface area contributed by atoms with Crippen LogP contribution in [0.25, 0.3) is 0 Å². The first-order valence-corrected chi connectivity index (χ1v) is 28.1. The molecule has 0 spiro atoms. The number of hydrogen-bond donors (Lipinski definition) is 0. The number of phosphoric acid groups is 1. The Morgan fingerprint density at radius 2 is 0.866 bits per heavy atom. The topological polar surface area (TPSA) is 94.1 Å². The van der Waals surface area contributed by atoms with Gasteiger partial charge in [-0.1, -0.05) is 194 Å². The fourth-order valence-electron chi connectivity index (χ4n) is 6.73. The number of allylic oxidation sites excluding steroid dienone is 18. The van der Waals surface area contributed by atoms with E-state index in [-0.39, 0.29) is 25.8 Å². The van der Waals surface area contributed by atoms with Crippen molar-refractivity contribution in [3.63, 3.8) is 0 Å². The second-order valence-electron chi connectivity index (χ2n) is 18.5. The van der Waals surface area contributed by atoms with Crippen LogP contribution in [-0.4, -0.2) is 70.7 Å². The van der Waals surface area contributed by atoms with E-state index in [0.29, 0.717) is 24.1 Å².